The number of hydrogen-bond donors (Lipinski definition) is 4. The van der Waals surface area contributed by atoms with Gasteiger partial charge in [-0.2, -0.15) is 0 Å². The van der Waals surface area contributed by atoms with E-state index < -0.39 is 12.1 Å². The average molecular weight is 176 g/mol. The van der Waals surface area contributed by atoms with Crippen molar-refractivity contribution >= 4 is 17.7 Å². The monoisotopic (exact) mass is 176 g/mol. The number of rotatable bonds is 2. The zero-order valence-electron chi connectivity index (χ0n) is 5.52. The Morgan fingerprint density at radius 1 is 1.91 bits per heavy atom. The first kappa shape index (κ1) is 8.38. The van der Waals surface area contributed by atoms with E-state index in [-0.39, 0.29) is 5.50 Å². The molecule has 0 amide bonds. The Hall–Kier alpha value is -0.720. The molecule has 0 spiro atoms. The van der Waals surface area contributed by atoms with Crippen LogP contribution in [0.2, 0.25) is 0 Å². The number of thioether (sulfide) groups is 1. The van der Waals surface area contributed by atoms with Gasteiger partial charge in [0.15, 0.2) is 6.10 Å². The Bertz CT molecular complexity index is 206. The van der Waals surface area contributed by atoms with E-state index in [1.54, 1.807) is 0 Å². The third-order valence-electron chi connectivity index (χ3n) is 1.16. The zero-order valence-corrected chi connectivity index (χ0v) is 6.34. The molecule has 11 heavy (non-hydrogen) atoms. The molecule has 0 saturated carbocycles. The minimum Gasteiger partial charge on any atom is -0.479 e. The number of aliphatic carboxylic acids is 1. The van der Waals surface area contributed by atoms with Gasteiger partial charge in [-0.05, 0) is 0 Å². The lowest BCUT2D eigenvalue weighted by Gasteiger charge is -2.05. The van der Waals surface area contributed by atoms with Crippen LogP contribution in [-0.2, 0) is 4.79 Å². The van der Waals surface area contributed by atoms with E-state index in [0.717, 1.165) is 11.8 Å². The van der Waals surface area contributed by atoms with Crippen molar-refractivity contribution in [1.29, 1.82) is 0 Å². The molecule has 2 atom stereocenters. The summed E-state index contributed by atoms with van der Waals surface area (Å²) in [7, 11) is 0. The van der Waals surface area contributed by atoms with Crippen LogP contribution in [0.1, 0.15) is 0 Å². The van der Waals surface area contributed by atoms with Gasteiger partial charge in [0.25, 0.3) is 0 Å². The Labute approximate surface area is 67.3 Å². The lowest BCUT2D eigenvalue weighted by atomic mass is 10.3. The molecule has 1 aliphatic rings. The fourth-order valence-electron chi connectivity index (χ4n) is 0.644. The van der Waals surface area contributed by atoms with Gasteiger partial charge in [0.1, 0.15) is 5.50 Å². The van der Waals surface area contributed by atoms with Crippen molar-refractivity contribution in [3.63, 3.8) is 0 Å². The van der Waals surface area contributed by atoms with Crippen LogP contribution in [-0.4, -0.2) is 27.8 Å². The van der Waals surface area contributed by atoms with E-state index in [1.807, 2.05) is 0 Å². The fraction of sp³-hybridized carbons (Fsp3) is 0.400. The highest BCUT2D eigenvalue weighted by Crippen LogP contribution is 2.25. The van der Waals surface area contributed by atoms with Gasteiger partial charge in [-0.3, -0.25) is 0 Å². The topological polar surface area (TPSA) is 95.6 Å². The van der Waals surface area contributed by atoms with Crippen molar-refractivity contribution in [2.75, 3.05) is 0 Å². The molecule has 6 heteroatoms. The number of carbonyl (C=O) groups is 1. The Balaban J connectivity index is 2.56. The Morgan fingerprint density at radius 3 is 2.91 bits per heavy atom. The highest BCUT2D eigenvalue weighted by molar-refractivity contribution is 8.03. The molecular weight excluding hydrogens is 168 g/mol. The van der Waals surface area contributed by atoms with Crippen LogP contribution in [0.25, 0.3) is 0 Å². The van der Waals surface area contributed by atoms with Crippen LogP contribution < -0.4 is 11.1 Å². The predicted molar refractivity (Wildman–Crippen MR) is 40.4 cm³/mol. The van der Waals surface area contributed by atoms with Crippen LogP contribution in [0.5, 0.6) is 0 Å². The molecule has 1 heterocycles. The first-order valence-corrected chi connectivity index (χ1v) is 3.78. The number of aliphatic hydroxyl groups excluding tert-OH is 1. The zero-order chi connectivity index (χ0) is 8.43. The summed E-state index contributed by atoms with van der Waals surface area (Å²) in [5.41, 5.74) is 5.01. The van der Waals surface area contributed by atoms with Gasteiger partial charge in [0, 0.05) is 11.1 Å². The molecule has 0 fully saturated rings. The molecule has 0 aromatic heterocycles. The van der Waals surface area contributed by atoms with Crippen LogP contribution in [0.15, 0.2) is 11.1 Å². The summed E-state index contributed by atoms with van der Waals surface area (Å²) in [6, 6.07) is 0. The second kappa shape index (κ2) is 3.12. The highest BCUT2D eigenvalue weighted by atomic mass is 32.2. The molecule has 0 bridgehead atoms. The standard InChI is InChI=1S/C5H8N2O3S/c6-5-7-1-2(11-5)3(8)4(9)10/h1,3,5,7-8H,6H2,(H,9,10). The minimum absolute atomic E-state index is 0.338. The first-order chi connectivity index (χ1) is 5.11. The molecule has 2 unspecified atom stereocenters. The van der Waals surface area contributed by atoms with Crippen molar-refractivity contribution in [3.8, 4) is 0 Å². The van der Waals surface area contributed by atoms with E-state index in [0.29, 0.717) is 4.91 Å². The van der Waals surface area contributed by atoms with Gasteiger partial charge < -0.3 is 21.3 Å². The number of nitrogens with one attached hydrogen (secondary N) is 1. The van der Waals surface area contributed by atoms with Gasteiger partial charge in [0.05, 0.1) is 0 Å². The van der Waals surface area contributed by atoms with E-state index in [2.05, 4.69) is 5.32 Å². The lowest BCUT2D eigenvalue weighted by Crippen LogP contribution is -2.26. The van der Waals surface area contributed by atoms with E-state index in [4.69, 9.17) is 15.9 Å². The van der Waals surface area contributed by atoms with Crippen molar-refractivity contribution in [2.45, 2.75) is 11.6 Å². The van der Waals surface area contributed by atoms with Gasteiger partial charge in [-0.15, -0.1) is 0 Å². The number of carboxylic acid groups (broad SMARTS) is 1. The third kappa shape index (κ3) is 1.86. The maximum atomic E-state index is 10.2. The largest absolute Gasteiger partial charge is 0.479 e. The van der Waals surface area contributed by atoms with Crippen LogP contribution in [0.3, 0.4) is 0 Å². The molecule has 0 saturated heterocycles. The number of nitrogens with two attached hydrogens (primary N) is 1. The summed E-state index contributed by atoms with van der Waals surface area (Å²) in [5, 5.41) is 20.0. The molecule has 0 aromatic carbocycles. The van der Waals surface area contributed by atoms with E-state index in [1.165, 1.54) is 6.20 Å². The maximum absolute atomic E-state index is 10.2. The lowest BCUT2D eigenvalue weighted by molar-refractivity contribution is -0.144. The molecule has 5 N–H and O–H groups in total. The molecular formula is C5H8N2O3S. The SMILES string of the molecule is NC1NC=C(C(O)C(=O)O)S1. The molecule has 0 radical (unpaired) electrons. The minimum atomic E-state index is -1.46. The summed E-state index contributed by atoms with van der Waals surface area (Å²) in [6.45, 7) is 0. The summed E-state index contributed by atoms with van der Waals surface area (Å²) < 4.78 is 0. The van der Waals surface area contributed by atoms with Crippen molar-refractivity contribution in [3.05, 3.63) is 11.1 Å². The van der Waals surface area contributed by atoms with Crippen LogP contribution in [0, 0.1) is 0 Å². The molecule has 1 aliphatic heterocycles. The predicted octanol–water partition coefficient (Wildman–Crippen LogP) is -1.15. The Morgan fingerprint density at radius 2 is 2.55 bits per heavy atom. The summed E-state index contributed by atoms with van der Waals surface area (Å²) in [4.78, 5) is 10.6. The van der Waals surface area contributed by atoms with E-state index >= 15 is 0 Å². The van der Waals surface area contributed by atoms with Gasteiger partial charge in [0.2, 0.25) is 0 Å². The molecule has 1 rings (SSSR count). The van der Waals surface area contributed by atoms with Crippen molar-refractivity contribution in [1.82, 2.24) is 5.32 Å². The number of aliphatic hydroxyl groups is 1. The van der Waals surface area contributed by atoms with Gasteiger partial charge in [-0.1, -0.05) is 11.8 Å². The number of hydrogen-bond acceptors (Lipinski definition) is 5. The first-order valence-electron chi connectivity index (χ1n) is 2.90. The second-order valence-corrected chi connectivity index (χ2v) is 3.21. The van der Waals surface area contributed by atoms with Crippen molar-refractivity contribution < 1.29 is 15.0 Å². The highest BCUT2D eigenvalue weighted by Gasteiger charge is 2.24. The fourth-order valence-corrected chi connectivity index (χ4v) is 1.44. The summed E-state index contributed by atoms with van der Waals surface area (Å²) >= 11 is 1.10. The normalized spacial score (nSPS) is 25.6. The maximum Gasteiger partial charge on any atom is 0.337 e. The molecule has 0 aliphatic carbocycles. The quantitative estimate of drug-likeness (QED) is 0.424. The second-order valence-electron chi connectivity index (χ2n) is 1.99. The van der Waals surface area contributed by atoms with E-state index in [9.17, 15) is 4.79 Å². The summed E-state index contributed by atoms with van der Waals surface area (Å²) in [5.74, 6) is -1.26. The molecule has 5 nitrogen and oxygen atoms in total. The van der Waals surface area contributed by atoms with Crippen LogP contribution in [0.4, 0.5) is 0 Å². The van der Waals surface area contributed by atoms with Gasteiger partial charge in [-0.25, -0.2) is 4.79 Å². The average Bonchev–Trinajstić information content (AvgIpc) is 2.34. The smallest absolute Gasteiger partial charge is 0.337 e. The third-order valence-corrected chi connectivity index (χ3v) is 2.16. The molecule has 62 valence electrons. The number of carboxylic acids is 1. The van der Waals surface area contributed by atoms with Gasteiger partial charge >= 0.3 is 5.97 Å². The molecule has 0 aromatic rings. The summed E-state index contributed by atoms with van der Waals surface area (Å²) in [6.07, 6.45) is -0.0465. The Kier molecular flexibility index (Phi) is 2.38. The van der Waals surface area contributed by atoms with Crippen LogP contribution >= 0.6 is 11.8 Å². The van der Waals surface area contributed by atoms with Crippen molar-refractivity contribution in [2.24, 2.45) is 5.73 Å².